The van der Waals surface area contributed by atoms with Crippen LogP contribution in [0.4, 0.5) is 5.69 Å². The van der Waals surface area contributed by atoms with Crippen LogP contribution in [0.3, 0.4) is 0 Å². The summed E-state index contributed by atoms with van der Waals surface area (Å²) in [5.41, 5.74) is 0.671. The molecule has 1 aromatic heterocycles. The first-order chi connectivity index (χ1) is 8.93. The van der Waals surface area contributed by atoms with Crippen LogP contribution in [0.15, 0.2) is 18.3 Å². The van der Waals surface area contributed by atoms with Gasteiger partial charge in [-0.3, -0.25) is 0 Å². The summed E-state index contributed by atoms with van der Waals surface area (Å²) in [4.78, 5) is 26.3. The topological polar surface area (TPSA) is 88.5 Å². The average Bonchev–Trinajstić information content (AvgIpc) is 2.36. The van der Waals surface area contributed by atoms with Gasteiger partial charge < -0.3 is 15.2 Å². The van der Waals surface area contributed by atoms with Crippen LogP contribution >= 0.6 is 0 Å². The molecule has 0 aliphatic heterocycles. The van der Waals surface area contributed by atoms with Crippen LogP contribution in [-0.4, -0.2) is 35.2 Å². The minimum absolute atomic E-state index is 0.140. The lowest BCUT2D eigenvalue weighted by molar-refractivity contribution is -0.138. The largest absolute Gasteiger partial charge is 0.480 e. The molecule has 1 heterocycles. The molecule has 0 saturated carbocycles. The number of carboxylic acids is 1. The SMILES string of the molecule is COC(=O)c1cc(NC(CC(C)C)C(=O)O)ccn1. The molecule has 1 rings (SSSR count). The Bertz CT molecular complexity index is 460. The van der Waals surface area contributed by atoms with Crippen molar-refractivity contribution in [2.45, 2.75) is 26.3 Å². The number of methoxy groups -OCH3 is 1. The maximum absolute atomic E-state index is 11.3. The van der Waals surface area contributed by atoms with Crippen LogP contribution in [0.2, 0.25) is 0 Å². The number of carboxylic acid groups (broad SMARTS) is 1. The van der Waals surface area contributed by atoms with Crippen molar-refractivity contribution in [1.29, 1.82) is 0 Å². The highest BCUT2D eigenvalue weighted by Gasteiger charge is 2.19. The number of carbonyl (C=O) groups is 2. The molecule has 6 heteroatoms. The Morgan fingerprint density at radius 3 is 2.68 bits per heavy atom. The molecule has 1 atom stereocenters. The fourth-order valence-corrected chi connectivity index (χ4v) is 1.63. The maximum Gasteiger partial charge on any atom is 0.356 e. The molecule has 104 valence electrons. The van der Waals surface area contributed by atoms with E-state index < -0.39 is 18.0 Å². The van der Waals surface area contributed by atoms with Gasteiger partial charge >= 0.3 is 11.9 Å². The lowest BCUT2D eigenvalue weighted by Crippen LogP contribution is -2.30. The van der Waals surface area contributed by atoms with E-state index in [1.807, 2.05) is 13.8 Å². The normalized spacial score (nSPS) is 12.0. The van der Waals surface area contributed by atoms with Gasteiger partial charge in [0, 0.05) is 11.9 Å². The highest BCUT2D eigenvalue weighted by Crippen LogP contribution is 2.14. The molecule has 0 aliphatic carbocycles. The molecule has 0 aliphatic rings. The molecule has 19 heavy (non-hydrogen) atoms. The van der Waals surface area contributed by atoms with E-state index in [-0.39, 0.29) is 11.6 Å². The first kappa shape index (κ1) is 14.9. The van der Waals surface area contributed by atoms with Crippen LogP contribution in [-0.2, 0) is 9.53 Å². The van der Waals surface area contributed by atoms with Gasteiger partial charge in [0.15, 0.2) is 0 Å². The fourth-order valence-electron chi connectivity index (χ4n) is 1.63. The van der Waals surface area contributed by atoms with E-state index in [1.165, 1.54) is 19.4 Å². The van der Waals surface area contributed by atoms with Gasteiger partial charge in [-0.2, -0.15) is 0 Å². The Morgan fingerprint density at radius 2 is 2.16 bits per heavy atom. The second-order valence-corrected chi connectivity index (χ2v) is 4.59. The van der Waals surface area contributed by atoms with Crippen molar-refractivity contribution in [2.75, 3.05) is 12.4 Å². The zero-order valence-corrected chi connectivity index (χ0v) is 11.2. The van der Waals surface area contributed by atoms with Gasteiger partial charge in [0.25, 0.3) is 0 Å². The van der Waals surface area contributed by atoms with E-state index in [4.69, 9.17) is 5.11 Å². The van der Waals surface area contributed by atoms with E-state index in [2.05, 4.69) is 15.0 Å². The van der Waals surface area contributed by atoms with Gasteiger partial charge in [0.1, 0.15) is 11.7 Å². The predicted octanol–water partition coefficient (Wildman–Crippen LogP) is 1.78. The highest BCUT2D eigenvalue weighted by molar-refractivity contribution is 5.88. The van der Waals surface area contributed by atoms with Gasteiger partial charge in [-0.05, 0) is 24.5 Å². The van der Waals surface area contributed by atoms with Crippen molar-refractivity contribution in [3.63, 3.8) is 0 Å². The lowest BCUT2D eigenvalue weighted by atomic mass is 10.0. The molecule has 0 radical (unpaired) electrons. The maximum atomic E-state index is 11.3. The van der Waals surface area contributed by atoms with E-state index in [0.717, 1.165) is 0 Å². The average molecular weight is 266 g/mol. The molecular weight excluding hydrogens is 248 g/mol. The molecule has 0 amide bonds. The number of pyridine rings is 1. The fraction of sp³-hybridized carbons (Fsp3) is 0.462. The summed E-state index contributed by atoms with van der Waals surface area (Å²) < 4.78 is 4.56. The summed E-state index contributed by atoms with van der Waals surface area (Å²) in [7, 11) is 1.27. The van der Waals surface area contributed by atoms with Crippen LogP contribution < -0.4 is 5.32 Å². The van der Waals surface area contributed by atoms with Crippen LogP contribution in [0, 0.1) is 5.92 Å². The number of hydrogen-bond acceptors (Lipinski definition) is 5. The van der Waals surface area contributed by atoms with Gasteiger partial charge in [-0.25, -0.2) is 14.6 Å². The summed E-state index contributed by atoms with van der Waals surface area (Å²) in [6.07, 6.45) is 1.92. The quantitative estimate of drug-likeness (QED) is 0.763. The van der Waals surface area contributed by atoms with Gasteiger partial charge in [-0.15, -0.1) is 0 Å². The molecule has 0 aromatic carbocycles. The number of nitrogens with one attached hydrogen (secondary N) is 1. The first-order valence-electron chi connectivity index (χ1n) is 5.97. The van der Waals surface area contributed by atoms with Gasteiger partial charge in [-0.1, -0.05) is 13.8 Å². The third kappa shape index (κ3) is 4.57. The number of ether oxygens (including phenoxy) is 1. The zero-order chi connectivity index (χ0) is 14.4. The second kappa shape index (κ2) is 6.72. The molecule has 0 saturated heterocycles. The number of anilines is 1. The minimum Gasteiger partial charge on any atom is -0.480 e. The Hall–Kier alpha value is -2.11. The third-order valence-electron chi connectivity index (χ3n) is 2.50. The van der Waals surface area contributed by atoms with E-state index in [1.54, 1.807) is 6.07 Å². The molecule has 0 fully saturated rings. The molecule has 1 unspecified atom stereocenters. The molecule has 0 spiro atoms. The number of aromatic nitrogens is 1. The Balaban J connectivity index is 2.84. The number of rotatable bonds is 6. The van der Waals surface area contributed by atoms with Crippen LogP contribution in [0.1, 0.15) is 30.8 Å². The zero-order valence-electron chi connectivity index (χ0n) is 11.2. The lowest BCUT2D eigenvalue weighted by Gasteiger charge is -2.17. The van der Waals surface area contributed by atoms with E-state index >= 15 is 0 Å². The molecule has 2 N–H and O–H groups in total. The summed E-state index contributed by atoms with van der Waals surface area (Å²) in [6, 6.07) is 2.39. The summed E-state index contributed by atoms with van der Waals surface area (Å²) >= 11 is 0. The first-order valence-corrected chi connectivity index (χ1v) is 5.97. The second-order valence-electron chi connectivity index (χ2n) is 4.59. The molecule has 1 aromatic rings. The van der Waals surface area contributed by atoms with Crippen molar-refractivity contribution in [2.24, 2.45) is 5.92 Å². The van der Waals surface area contributed by atoms with Crippen molar-refractivity contribution in [1.82, 2.24) is 4.98 Å². The minimum atomic E-state index is -0.926. The molecular formula is C13H18N2O4. The number of esters is 1. The van der Waals surface area contributed by atoms with Crippen molar-refractivity contribution in [3.05, 3.63) is 24.0 Å². The third-order valence-corrected chi connectivity index (χ3v) is 2.50. The number of aliphatic carboxylic acids is 1. The van der Waals surface area contributed by atoms with E-state index in [9.17, 15) is 9.59 Å². The van der Waals surface area contributed by atoms with Crippen molar-refractivity contribution in [3.8, 4) is 0 Å². The number of carbonyl (C=O) groups excluding carboxylic acids is 1. The molecule has 0 bridgehead atoms. The Morgan fingerprint density at radius 1 is 1.47 bits per heavy atom. The van der Waals surface area contributed by atoms with Gasteiger partial charge in [0.05, 0.1) is 7.11 Å². The smallest absolute Gasteiger partial charge is 0.356 e. The summed E-state index contributed by atoms with van der Waals surface area (Å²) in [6.45, 7) is 3.90. The van der Waals surface area contributed by atoms with Gasteiger partial charge in [0.2, 0.25) is 0 Å². The van der Waals surface area contributed by atoms with Crippen molar-refractivity contribution < 1.29 is 19.4 Å². The number of hydrogen-bond donors (Lipinski definition) is 2. The van der Waals surface area contributed by atoms with Crippen molar-refractivity contribution >= 4 is 17.6 Å². The number of nitrogens with zero attached hydrogens (tertiary/aromatic N) is 1. The Labute approximate surface area is 111 Å². The monoisotopic (exact) mass is 266 g/mol. The summed E-state index contributed by atoms with van der Waals surface area (Å²) in [5.74, 6) is -1.24. The highest BCUT2D eigenvalue weighted by atomic mass is 16.5. The predicted molar refractivity (Wildman–Crippen MR) is 70.1 cm³/mol. The standard InChI is InChI=1S/C13H18N2O4/c1-8(2)6-10(12(16)17)15-9-4-5-14-11(7-9)13(18)19-3/h4-5,7-8,10H,6H2,1-3H3,(H,14,15)(H,16,17). The Kier molecular flexibility index (Phi) is 5.29. The van der Waals surface area contributed by atoms with E-state index in [0.29, 0.717) is 12.1 Å². The van der Waals surface area contributed by atoms with Crippen LogP contribution in [0.5, 0.6) is 0 Å². The van der Waals surface area contributed by atoms with Crippen LogP contribution in [0.25, 0.3) is 0 Å². The summed E-state index contributed by atoms with van der Waals surface area (Å²) in [5, 5.41) is 12.0. The molecule has 6 nitrogen and oxygen atoms in total.